The second kappa shape index (κ2) is 4.30. The first-order chi connectivity index (χ1) is 6.77. The van der Waals surface area contributed by atoms with Crippen molar-refractivity contribution in [3.8, 4) is 0 Å². The van der Waals surface area contributed by atoms with Gasteiger partial charge in [0.25, 0.3) is 0 Å². The largest absolute Gasteiger partial charge is 0.354 e. The van der Waals surface area contributed by atoms with E-state index in [9.17, 15) is 4.79 Å². The van der Waals surface area contributed by atoms with Gasteiger partial charge in [-0.3, -0.25) is 4.79 Å². The standard InChI is InChI=1S/C11H20N2O/c1-8(9-4-5-9)7-13-11(14)10-3-2-6-12-10/h8-10,12H,2-7H2,1H3,(H,13,14)/t8?,10-/m1/s1. The van der Waals surface area contributed by atoms with Crippen LogP contribution in [-0.4, -0.2) is 25.0 Å². The molecule has 3 heteroatoms. The summed E-state index contributed by atoms with van der Waals surface area (Å²) in [5, 5.41) is 6.26. The molecule has 0 aromatic carbocycles. The Hall–Kier alpha value is -0.570. The number of amides is 1. The predicted octanol–water partition coefficient (Wildman–Crippen LogP) is 0.901. The Morgan fingerprint density at radius 2 is 2.29 bits per heavy atom. The van der Waals surface area contributed by atoms with E-state index in [0.29, 0.717) is 5.92 Å². The van der Waals surface area contributed by atoms with E-state index in [0.717, 1.165) is 31.8 Å². The molecule has 1 saturated carbocycles. The van der Waals surface area contributed by atoms with Crippen molar-refractivity contribution in [2.75, 3.05) is 13.1 Å². The van der Waals surface area contributed by atoms with Crippen LogP contribution in [0.5, 0.6) is 0 Å². The lowest BCUT2D eigenvalue weighted by Crippen LogP contribution is -2.42. The smallest absolute Gasteiger partial charge is 0.237 e. The van der Waals surface area contributed by atoms with E-state index >= 15 is 0 Å². The highest BCUT2D eigenvalue weighted by atomic mass is 16.2. The van der Waals surface area contributed by atoms with Gasteiger partial charge in [-0.25, -0.2) is 0 Å². The third kappa shape index (κ3) is 2.47. The lowest BCUT2D eigenvalue weighted by atomic mass is 10.1. The molecule has 1 amide bonds. The van der Waals surface area contributed by atoms with Crippen molar-refractivity contribution in [2.45, 2.75) is 38.6 Å². The maximum atomic E-state index is 11.6. The summed E-state index contributed by atoms with van der Waals surface area (Å²) < 4.78 is 0. The topological polar surface area (TPSA) is 41.1 Å². The summed E-state index contributed by atoms with van der Waals surface area (Å²) in [5.41, 5.74) is 0. The molecular formula is C11H20N2O. The molecule has 2 rings (SSSR count). The van der Waals surface area contributed by atoms with Crippen LogP contribution in [0.3, 0.4) is 0 Å². The van der Waals surface area contributed by atoms with Gasteiger partial charge in [-0.1, -0.05) is 6.92 Å². The number of nitrogens with one attached hydrogen (secondary N) is 2. The van der Waals surface area contributed by atoms with E-state index in [4.69, 9.17) is 0 Å². The molecule has 0 bridgehead atoms. The van der Waals surface area contributed by atoms with Gasteiger partial charge in [0.05, 0.1) is 6.04 Å². The Morgan fingerprint density at radius 3 is 2.86 bits per heavy atom. The van der Waals surface area contributed by atoms with Crippen LogP contribution in [0, 0.1) is 11.8 Å². The van der Waals surface area contributed by atoms with Gasteiger partial charge in [0.2, 0.25) is 5.91 Å². The molecule has 2 atom stereocenters. The molecule has 0 radical (unpaired) electrons. The molecule has 2 fully saturated rings. The van der Waals surface area contributed by atoms with E-state index in [2.05, 4.69) is 17.6 Å². The van der Waals surface area contributed by atoms with Gasteiger partial charge in [0, 0.05) is 6.54 Å². The lowest BCUT2D eigenvalue weighted by Gasteiger charge is -2.14. The van der Waals surface area contributed by atoms with Gasteiger partial charge in [0.15, 0.2) is 0 Å². The summed E-state index contributed by atoms with van der Waals surface area (Å²) in [7, 11) is 0. The SMILES string of the molecule is CC(CNC(=O)[C@H]1CCCN1)C1CC1. The minimum absolute atomic E-state index is 0.0846. The van der Waals surface area contributed by atoms with Crippen molar-refractivity contribution in [1.82, 2.24) is 10.6 Å². The summed E-state index contributed by atoms with van der Waals surface area (Å²) in [5.74, 6) is 1.75. The van der Waals surface area contributed by atoms with Crippen LogP contribution in [-0.2, 0) is 4.79 Å². The first kappa shape index (κ1) is 9.97. The average molecular weight is 196 g/mol. The third-order valence-corrected chi connectivity index (χ3v) is 3.40. The van der Waals surface area contributed by atoms with Gasteiger partial charge in [0.1, 0.15) is 0 Å². The molecule has 1 aliphatic carbocycles. The van der Waals surface area contributed by atoms with E-state index in [1.807, 2.05) is 0 Å². The van der Waals surface area contributed by atoms with Crippen LogP contribution >= 0.6 is 0 Å². The van der Waals surface area contributed by atoms with E-state index in [1.165, 1.54) is 12.8 Å². The number of hydrogen-bond donors (Lipinski definition) is 2. The zero-order chi connectivity index (χ0) is 9.97. The Labute approximate surface area is 85.6 Å². The van der Waals surface area contributed by atoms with Crippen LogP contribution in [0.4, 0.5) is 0 Å². The minimum atomic E-state index is 0.0846. The average Bonchev–Trinajstić information content (AvgIpc) is 2.90. The second-order valence-electron chi connectivity index (χ2n) is 4.71. The Balaban J connectivity index is 1.66. The highest BCUT2D eigenvalue weighted by molar-refractivity contribution is 5.81. The van der Waals surface area contributed by atoms with Crippen LogP contribution < -0.4 is 10.6 Å². The predicted molar refractivity (Wildman–Crippen MR) is 55.9 cm³/mol. The van der Waals surface area contributed by atoms with Gasteiger partial charge < -0.3 is 10.6 Å². The fraction of sp³-hybridized carbons (Fsp3) is 0.909. The number of rotatable bonds is 4. The fourth-order valence-corrected chi connectivity index (χ4v) is 2.13. The summed E-state index contributed by atoms with van der Waals surface area (Å²) in [6.45, 7) is 4.10. The molecule has 0 spiro atoms. The van der Waals surface area contributed by atoms with Gasteiger partial charge in [-0.15, -0.1) is 0 Å². The van der Waals surface area contributed by atoms with E-state index in [1.54, 1.807) is 0 Å². The molecule has 80 valence electrons. The Kier molecular flexibility index (Phi) is 3.06. The van der Waals surface area contributed by atoms with Crippen molar-refractivity contribution < 1.29 is 4.79 Å². The van der Waals surface area contributed by atoms with Crippen molar-refractivity contribution >= 4 is 5.91 Å². The normalized spacial score (nSPS) is 28.8. The highest BCUT2D eigenvalue weighted by Crippen LogP contribution is 2.36. The van der Waals surface area contributed by atoms with E-state index < -0.39 is 0 Å². The van der Waals surface area contributed by atoms with Crippen LogP contribution in [0.25, 0.3) is 0 Å². The van der Waals surface area contributed by atoms with Crippen molar-refractivity contribution in [3.63, 3.8) is 0 Å². The monoisotopic (exact) mass is 196 g/mol. The van der Waals surface area contributed by atoms with Crippen molar-refractivity contribution in [1.29, 1.82) is 0 Å². The fourth-order valence-electron chi connectivity index (χ4n) is 2.13. The second-order valence-corrected chi connectivity index (χ2v) is 4.71. The quantitative estimate of drug-likeness (QED) is 0.701. The zero-order valence-electron chi connectivity index (χ0n) is 8.88. The molecule has 1 saturated heterocycles. The molecule has 0 aromatic heterocycles. The number of carbonyl (C=O) groups is 1. The summed E-state index contributed by atoms with van der Waals surface area (Å²) in [6.07, 6.45) is 4.86. The van der Waals surface area contributed by atoms with Gasteiger partial charge in [-0.2, -0.15) is 0 Å². The first-order valence-electron chi connectivity index (χ1n) is 5.78. The van der Waals surface area contributed by atoms with Crippen molar-refractivity contribution in [2.24, 2.45) is 11.8 Å². The van der Waals surface area contributed by atoms with Gasteiger partial charge in [-0.05, 0) is 44.1 Å². The van der Waals surface area contributed by atoms with Crippen molar-refractivity contribution in [3.05, 3.63) is 0 Å². The van der Waals surface area contributed by atoms with Crippen LogP contribution in [0.1, 0.15) is 32.6 Å². The Bertz CT molecular complexity index is 207. The molecular weight excluding hydrogens is 176 g/mol. The number of hydrogen-bond acceptors (Lipinski definition) is 2. The molecule has 1 aliphatic heterocycles. The molecule has 0 aromatic rings. The molecule has 3 nitrogen and oxygen atoms in total. The molecule has 1 unspecified atom stereocenters. The van der Waals surface area contributed by atoms with Crippen LogP contribution in [0.2, 0.25) is 0 Å². The molecule has 14 heavy (non-hydrogen) atoms. The maximum absolute atomic E-state index is 11.6. The first-order valence-corrected chi connectivity index (χ1v) is 5.78. The molecule has 2 N–H and O–H groups in total. The van der Waals surface area contributed by atoms with Crippen LogP contribution in [0.15, 0.2) is 0 Å². The zero-order valence-corrected chi connectivity index (χ0v) is 8.88. The molecule has 2 aliphatic rings. The highest BCUT2D eigenvalue weighted by Gasteiger charge is 2.29. The summed E-state index contributed by atoms with van der Waals surface area (Å²) in [6, 6.07) is 0.0846. The molecule has 1 heterocycles. The maximum Gasteiger partial charge on any atom is 0.237 e. The lowest BCUT2D eigenvalue weighted by molar-refractivity contribution is -0.122. The Morgan fingerprint density at radius 1 is 1.50 bits per heavy atom. The van der Waals surface area contributed by atoms with E-state index in [-0.39, 0.29) is 11.9 Å². The number of carbonyl (C=O) groups excluding carboxylic acids is 1. The third-order valence-electron chi connectivity index (χ3n) is 3.40. The summed E-state index contributed by atoms with van der Waals surface area (Å²) >= 11 is 0. The summed E-state index contributed by atoms with van der Waals surface area (Å²) in [4.78, 5) is 11.6. The minimum Gasteiger partial charge on any atom is -0.354 e. The van der Waals surface area contributed by atoms with Gasteiger partial charge >= 0.3 is 0 Å².